The summed E-state index contributed by atoms with van der Waals surface area (Å²) in [6, 6.07) is 10.4. The third-order valence-corrected chi connectivity index (χ3v) is 4.73. The molecule has 0 aliphatic rings. The van der Waals surface area contributed by atoms with Gasteiger partial charge in [-0.1, -0.05) is 30.7 Å². The average Bonchev–Trinajstić information content (AvgIpc) is 2.48. The molecule has 2 nitrogen and oxygen atoms in total. The first kappa shape index (κ1) is 16.5. The quantitative estimate of drug-likeness (QED) is 0.769. The first-order chi connectivity index (χ1) is 10.1. The molecule has 1 atom stereocenters. The summed E-state index contributed by atoms with van der Waals surface area (Å²) in [5.74, 6) is 0. The molecule has 0 fully saturated rings. The maximum Gasteiger partial charge on any atom is 0.0551 e. The van der Waals surface area contributed by atoms with E-state index in [9.17, 15) is 0 Å². The summed E-state index contributed by atoms with van der Waals surface area (Å²) in [7, 11) is 0. The van der Waals surface area contributed by atoms with E-state index in [-0.39, 0.29) is 6.04 Å². The summed E-state index contributed by atoms with van der Waals surface area (Å²) in [4.78, 5) is 4.51. The number of hydrogen-bond acceptors (Lipinski definition) is 2. The molecule has 0 bridgehead atoms. The molecular formula is C17H20BrClN2. The zero-order valence-corrected chi connectivity index (χ0v) is 14.7. The molecule has 21 heavy (non-hydrogen) atoms. The van der Waals surface area contributed by atoms with Gasteiger partial charge in [-0.25, -0.2) is 0 Å². The highest BCUT2D eigenvalue weighted by Gasteiger charge is 2.14. The monoisotopic (exact) mass is 366 g/mol. The molecule has 1 heterocycles. The van der Waals surface area contributed by atoms with Crippen molar-refractivity contribution >= 4 is 27.5 Å². The van der Waals surface area contributed by atoms with Crippen molar-refractivity contribution in [1.82, 2.24) is 10.3 Å². The van der Waals surface area contributed by atoms with Gasteiger partial charge in [-0.2, -0.15) is 0 Å². The van der Waals surface area contributed by atoms with Crippen molar-refractivity contribution in [3.63, 3.8) is 0 Å². The maximum atomic E-state index is 6.24. The smallest absolute Gasteiger partial charge is 0.0551 e. The van der Waals surface area contributed by atoms with Crippen LogP contribution >= 0.6 is 27.5 Å². The van der Waals surface area contributed by atoms with Crippen LogP contribution < -0.4 is 5.32 Å². The van der Waals surface area contributed by atoms with Crippen LogP contribution in [-0.2, 0) is 6.42 Å². The summed E-state index contributed by atoms with van der Waals surface area (Å²) >= 11 is 9.68. The van der Waals surface area contributed by atoms with E-state index < -0.39 is 0 Å². The second-order valence-corrected chi connectivity index (χ2v) is 6.41. The molecule has 1 N–H and O–H groups in total. The summed E-state index contributed by atoms with van der Waals surface area (Å²) in [5.41, 5.74) is 3.55. The topological polar surface area (TPSA) is 24.9 Å². The molecule has 0 aliphatic heterocycles. The molecule has 0 aliphatic carbocycles. The van der Waals surface area contributed by atoms with Gasteiger partial charge in [0.05, 0.1) is 5.02 Å². The summed E-state index contributed by atoms with van der Waals surface area (Å²) in [5, 5.41) is 4.34. The van der Waals surface area contributed by atoms with Crippen LogP contribution in [-0.4, -0.2) is 11.5 Å². The Bertz CT molecular complexity index is 601. The molecule has 0 amide bonds. The van der Waals surface area contributed by atoms with Gasteiger partial charge in [0, 0.05) is 28.8 Å². The zero-order valence-electron chi connectivity index (χ0n) is 12.4. The van der Waals surface area contributed by atoms with Gasteiger partial charge in [0.15, 0.2) is 0 Å². The minimum absolute atomic E-state index is 0.226. The molecule has 0 spiro atoms. The lowest BCUT2D eigenvalue weighted by molar-refractivity contribution is 0.523. The van der Waals surface area contributed by atoms with E-state index >= 15 is 0 Å². The number of nitrogens with one attached hydrogen (secondary N) is 1. The van der Waals surface area contributed by atoms with Crippen molar-refractivity contribution in [2.75, 3.05) is 6.54 Å². The third kappa shape index (κ3) is 4.53. The van der Waals surface area contributed by atoms with E-state index in [1.54, 1.807) is 0 Å². The Morgan fingerprint density at radius 1 is 1.33 bits per heavy atom. The Kier molecular flexibility index (Phi) is 6.22. The lowest BCUT2D eigenvalue weighted by Gasteiger charge is -2.20. The Morgan fingerprint density at radius 3 is 2.81 bits per heavy atom. The Labute approximate surface area is 140 Å². The minimum Gasteiger partial charge on any atom is -0.310 e. The van der Waals surface area contributed by atoms with Gasteiger partial charge in [0.1, 0.15) is 0 Å². The molecule has 1 aromatic carbocycles. The number of pyridine rings is 1. The fourth-order valence-corrected chi connectivity index (χ4v) is 2.72. The van der Waals surface area contributed by atoms with Gasteiger partial charge < -0.3 is 5.32 Å². The molecular weight excluding hydrogens is 348 g/mol. The first-order valence-electron chi connectivity index (χ1n) is 7.20. The van der Waals surface area contributed by atoms with Crippen molar-refractivity contribution in [3.05, 3.63) is 62.8 Å². The maximum absolute atomic E-state index is 6.24. The molecule has 0 radical (unpaired) electrons. The normalized spacial score (nSPS) is 12.4. The number of benzene rings is 1. The fraction of sp³-hybridized carbons (Fsp3) is 0.353. The second-order valence-electron chi connectivity index (χ2n) is 5.15. The zero-order chi connectivity index (χ0) is 15.2. The van der Waals surface area contributed by atoms with Gasteiger partial charge >= 0.3 is 0 Å². The van der Waals surface area contributed by atoms with Gasteiger partial charge in [0.25, 0.3) is 0 Å². The van der Waals surface area contributed by atoms with Gasteiger partial charge in [-0.15, -0.1) is 0 Å². The molecule has 2 rings (SSSR count). The Morgan fingerprint density at radius 2 is 2.14 bits per heavy atom. The minimum atomic E-state index is 0.226. The number of aryl methyl sites for hydroxylation is 1. The van der Waals surface area contributed by atoms with Crippen molar-refractivity contribution in [3.8, 4) is 0 Å². The number of rotatable bonds is 6. The summed E-state index contributed by atoms with van der Waals surface area (Å²) < 4.78 is 0.927. The van der Waals surface area contributed by atoms with Crippen molar-refractivity contribution in [2.24, 2.45) is 0 Å². The van der Waals surface area contributed by atoms with Crippen molar-refractivity contribution in [1.29, 1.82) is 0 Å². The number of halogens is 2. The van der Waals surface area contributed by atoms with E-state index in [1.807, 2.05) is 24.4 Å². The van der Waals surface area contributed by atoms with Crippen LogP contribution in [0.1, 0.15) is 36.2 Å². The lowest BCUT2D eigenvalue weighted by atomic mass is 9.99. The Hall–Kier alpha value is -0.900. The highest BCUT2D eigenvalue weighted by atomic mass is 79.9. The molecule has 1 aromatic heterocycles. The SMILES string of the molecule is CCCNC(Cc1ncccc1C)c1ccc(Br)c(Cl)c1. The molecule has 0 saturated carbocycles. The van der Waals surface area contributed by atoms with E-state index in [2.05, 4.69) is 52.2 Å². The van der Waals surface area contributed by atoms with E-state index in [4.69, 9.17) is 11.6 Å². The largest absolute Gasteiger partial charge is 0.310 e. The van der Waals surface area contributed by atoms with Gasteiger partial charge in [-0.05, 0) is 65.1 Å². The highest BCUT2D eigenvalue weighted by molar-refractivity contribution is 9.10. The number of aromatic nitrogens is 1. The summed E-state index contributed by atoms with van der Waals surface area (Å²) in [6.45, 7) is 5.25. The molecule has 112 valence electrons. The van der Waals surface area contributed by atoms with Gasteiger partial charge in [-0.3, -0.25) is 4.98 Å². The van der Waals surface area contributed by atoms with Crippen LogP contribution in [0.15, 0.2) is 41.0 Å². The van der Waals surface area contributed by atoms with Crippen LogP contribution in [0.4, 0.5) is 0 Å². The predicted molar refractivity (Wildman–Crippen MR) is 92.9 cm³/mol. The predicted octanol–water partition coefficient (Wildman–Crippen LogP) is 5.09. The lowest BCUT2D eigenvalue weighted by Crippen LogP contribution is -2.24. The van der Waals surface area contributed by atoms with Crippen LogP contribution in [0, 0.1) is 6.92 Å². The molecule has 4 heteroatoms. The van der Waals surface area contributed by atoms with Crippen LogP contribution in [0.5, 0.6) is 0 Å². The van der Waals surface area contributed by atoms with E-state index in [0.717, 1.165) is 34.6 Å². The molecule has 1 unspecified atom stereocenters. The second kappa shape index (κ2) is 7.92. The summed E-state index contributed by atoms with van der Waals surface area (Å²) in [6.07, 6.45) is 3.82. The van der Waals surface area contributed by atoms with Gasteiger partial charge in [0.2, 0.25) is 0 Å². The van der Waals surface area contributed by atoms with Crippen LogP contribution in [0.3, 0.4) is 0 Å². The number of nitrogens with zero attached hydrogens (tertiary/aromatic N) is 1. The third-order valence-electron chi connectivity index (χ3n) is 3.50. The van der Waals surface area contributed by atoms with E-state index in [1.165, 1.54) is 11.1 Å². The van der Waals surface area contributed by atoms with Crippen LogP contribution in [0.25, 0.3) is 0 Å². The first-order valence-corrected chi connectivity index (χ1v) is 8.37. The average molecular weight is 368 g/mol. The van der Waals surface area contributed by atoms with Crippen LogP contribution in [0.2, 0.25) is 5.02 Å². The fourth-order valence-electron chi connectivity index (χ4n) is 2.28. The molecule has 2 aromatic rings. The van der Waals surface area contributed by atoms with Crippen molar-refractivity contribution in [2.45, 2.75) is 32.7 Å². The standard InChI is InChI=1S/C17H20BrClN2/c1-3-8-20-17(11-16-12(2)5-4-9-21-16)13-6-7-14(18)15(19)10-13/h4-7,9-10,17,20H,3,8,11H2,1-2H3. The highest BCUT2D eigenvalue weighted by Crippen LogP contribution is 2.27. The number of hydrogen-bond donors (Lipinski definition) is 1. The molecule has 0 saturated heterocycles. The van der Waals surface area contributed by atoms with Crippen molar-refractivity contribution < 1.29 is 0 Å². The van der Waals surface area contributed by atoms with E-state index in [0.29, 0.717) is 0 Å². The Balaban J connectivity index is 2.25.